The van der Waals surface area contributed by atoms with Gasteiger partial charge in [-0.25, -0.2) is 0 Å². The molecule has 1 fully saturated rings. The van der Waals surface area contributed by atoms with Crippen molar-refractivity contribution in [2.45, 2.75) is 20.3 Å². The van der Waals surface area contributed by atoms with Gasteiger partial charge in [-0.05, 0) is 43.2 Å². The summed E-state index contributed by atoms with van der Waals surface area (Å²) < 4.78 is 15.5. The highest BCUT2D eigenvalue weighted by Crippen LogP contribution is 2.30. The number of benzene rings is 2. The van der Waals surface area contributed by atoms with Crippen LogP contribution in [-0.4, -0.2) is 45.2 Å². The molecular weight excluding hydrogens is 400 g/mol. The molecule has 1 heterocycles. The highest BCUT2D eigenvalue weighted by Gasteiger charge is 2.37. The fraction of sp³-hybridized carbons (Fsp3) is 0.348. The molecule has 0 bridgehead atoms. The summed E-state index contributed by atoms with van der Waals surface area (Å²) in [6.07, 6.45) is 0.0557. The van der Waals surface area contributed by atoms with Gasteiger partial charge in [-0.2, -0.15) is 0 Å². The molecule has 0 radical (unpaired) electrons. The Bertz CT molecular complexity index is 1000. The Labute approximate surface area is 181 Å². The minimum absolute atomic E-state index is 0.0557. The van der Waals surface area contributed by atoms with Gasteiger partial charge in [-0.15, -0.1) is 0 Å². The molecular formula is C23H26N2O6. The molecule has 1 aliphatic heterocycles. The summed E-state index contributed by atoms with van der Waals surface area (Å²) in [4.78, 5) is 38.8. The summed E-state index contributed by atoms with van der Waals surface area (Å²) in [6.45, 7) is 3.65. The van der Waals surface area contributed by atoms with E-state index < -0.39 is 24.4 Å². The lowest BCUT2D eigenvalue weighted by molar-refractivity contribution is -0.151. The lowest BCUT2D eigenvalue weighted by Crippen LogP contribution is -2.28. The van der Waals surface area contributed by atoms with Crippen LogP contribution in [0.3, 0.4) is 0 Å². The second-order valence-electron chi connectivity index (χ2n) is 7.42. The first-order valence-electron chi connectivity index (χ1n) is 9.88. The minimum Gasteiger partial charge on any atom is -0.497 e. The lowest BCUT2D eigenvalue weighted by atomic mass is 10.1. The fourth-order valence-corrected chi connectivity index (χ4v) is 3.45. The van der Waals surface area contributed by atoms with E-state index in [1.54, 1.807) is 23.1 Å². The van der Waals surface area contributed by atoms with Crippen LogP contribution in [-0.2, 0) is 19.1 Å². The molecule has 164 valence electrons. The average Bonchev–Trinajstić information content (AvgIpc) is 3.15. The summed E-state index contributed by atoms with van der Waals surface area (Å²) in [7, 11) is 3.00. The van der Waals surface area contributed by atoms with Crippen LogP contribution in [0.25, 0.3) is 0 Å². The van der Waals surface area contributed by atoms with Crippen LogP contribution in [0, 0.1) is 19.8 Å². The molecule has 1 aliphatic rings. The molecule has 2 aromatic carbocycles. The molecule has 0 saturated carbocycles. The summed E-state index contributed by atoms with van der Waals surface area (Å²) in [5.41, 5.74) is 3.22. The zero-order valence-electron chi connectivity index (χ0n) is 18.1. The van der Waals surface area contributed by atoms with E-state index in [1.165, 1.54) is 14.2 Å². The molecule has 0 aromatic heterocycles. The van der Waals surface area contributed by atoms with E-state index in [2.05, 4.69) is 5.32 Å². The first-order chi connectivity index (χ1) is 14.8. The van der Waals surface area contributed by atoms with E-state index in [0.29, 0.717) is 17.2 Å². The largest absolute Gasteiger partial charge is 0.497 e. The van der Waals surface area contributed by atoms with Crippen molar-refractivity contribution in [1.29, 1.82) is 0 Å². The predicted octanol–water partition coefficient (Wildman–Crippen LogP) is 2.86. The quantitative estimate of drug-likeness (QED) is 0.685. The van der Waals surface area contributed by atoms with E-state index >= 15 is 0 Å². The van der Waals surface area contributed by atoms with Crippen molar-refractivity contribution in [3.8, 4) is 11.5 Å². The molecule has 0 aliphatic carbocycles. The van der Waals surface area contributed by atoms with Gasteiger partial charge in [-0.3, -0.25) is 14.4 Å². The van der Waals surface area contributed by atoms with E-state index in [-0.39, 0.29) is 18.9 Å². The van der Waals surface area contributed by atoms with Crippen molar-refractivity contribution in [2.24, 2.45) is 5.92 Å². The third-order valence-corrected chi connectivity index (χ3v) is 5.14. The van der Waals surface area contributed by atoms with Crippen molar-refractivity contribution in [3.05, 3.63) is 47.5 Å². The third kappa shape index (κ3) is 5.14. The maximum absolute atomic E-state index is 12.5. The molecule has 1 saturated heterocycles. The standard InChI is InChI=1S/C23H26N2O6/c1-14-5-6-15(2)19(9-14)25-12-16(10-22(25)27)23(28)31-13-21(26)24-18-8-7-17(29-3)11-20(18)30-4/h5-9,11,16H,10,12-13H2,1-4H3,(H,24,26)/t16-/m1/s1. The zero-order valence-corrected chi connectivity index (χ0v) is 18.1. The number of esters is 1. The van der Waals surface area contributed by atoms with E-state index in [4.69, 9.17) is 14.2 Å². The molecule has 2 amide bonds. The van der Waals surface area contributed by atoms with Crippen LogP contribution in [0.1, 0.15) is 17.5 Å². The number of aryl methyl sites for hydroxylation is 2. The Hall–Kier alpha value is -3.55. The molecule has 8 heteroatoms. The first-order valence-corrected chi connectivity index (χ1v) is 9.88. The topological polar surface area (TPSA) is 94.2 Å². The number of carbonyl (C=O) groups excluding carboxylic acids is 3. The number of carbonyl (C=O) groups is 3. The number of methoxy groups -OCH3 is 2. The summed E-state index contributed by atoms with van der Waals surface area (Å²) in [5, 5.41) is 2.64. The number of rotatable bonds is 7. The van der Waals surface area contributed by atoms with Crippen LogP contribution in [0.4, 0.5) is 11.4 Å². The number of hydrogen-bond donors (Lipinski definition) is 1. The number of nitrogens with one attached hydrogen (secondary N) is 1. The van der Waals surface area contributed by atoms with Gasteiger partial charge in [0.05, 0.1) is 25.8 Å². The van der Waals surface area contributed by atoms with Crippen LogP contribution < -0.4 is 19.7 Å². The first kappa shape index (κ1) is 22.1. The van der Waals surface area contributed by atoms with E-state index in [1.807, 2.05) is 32.0 Å². The number of amides is 2. The molecule has 8 nitrogen and oxygen atoms in total. The maximum atomic E-state index is 12.5. The molecule has 0 spiro atoms. The highest BCUT2D eigenvalue weighted by atomic mass is 16.5. The van der Waals surface area contributed by atoms with Crippen LogP contribution in [0.2, 0.25) is 0 Å². The second kappa shape index (κ2) is 9.51. The molecule has 31 heavy (non-hydrogen) atoms. The maximum Gasteiger partial charge on any atom is 0.311 e. The van der Waals surface area contributed by atoms with Crippen molar-refractivity contribution in [2.75, 3.05) is 37.6 Å². The van der Waals surface area contributed by atoms with Crippen molar-refractivity contribution < 1.29 is 28.6 Å². The second-order valence-corrected chi connectivity index (χ2v) is 7.42. The minimum atomic E-state index is -0.615. The van der Waals surface area contributed by atoms with Gasteiger partial charge in [0.25, 0.3) is 5.91 Å². The number of hydrogen-bond acceptors (Lipinski definition) is 6. The molecule has 0 unspecified atom stereocenters. The van der Waals surface area contributed by atoms with Crippen molar-refractivity contribution in [3.63, 3.8) is 0 Å². The van der Waals surface area contributed by atoms with Crippen molar-refractivity contribution in [1.82, 2.24) is 0 Å². The van der Waals surface area contributed by atoms with Gasteiger partial charge in [-0.1, -0.05) is 12.1 Å². The Kier molecular flexibility index (Phi) is 6.79. The Morgan fingerprint density at radius 2 is 1.87 bits per heavy atom. The smallest absolute Gasteiger partial charge is 0.311 e. The zero-order chi connectivity index (χ0) is 22.5. The number of anilines is 2. The molecule has 1 atom stereocenters. The summed E-state index contributed by atoms with van der Waals surface area (Å²) >= 11 is 0. The highest BCUT2D eigenvalue weighted by molar-refractivity contribution is 6.00. The third-order valence-electron chi connectivity index (χ3n) is 5.14. The van der Waals surface area contributed by atoms with Gasteiger partial charge in [0, 0.05) is 24.7 Å². The number of nitrogens with zero attached hydrogens (tertiary/aromatic N) is 1. The molecule has 2 aromatic rings. The fourth-order valence-electron chi connectivity index (χ4n) is 3.45. The lowest BCUT2D eigenvalue weighted by Gasteiger charge is -2.19. The van der Waals surface area contributed by atoms with Crippen LogP contribution in [0.5, 0.6) is 11.5 Å². The Morgan fingerprint density at radius 3 is 2.58 bits per heavy atom. The SMILES string of the molecule is COc1ccc(NC(=O)COC(=O)[C@@H]2CC(=O)N(c3cc(C)ccc3C)C2)c(OC)c1. The van der Waals surface area contributed by atoms with Crippen LogP contribution >= 0.6 is 0 Å². The van der Waals surface area contributed by atoms with Gasteiger partial charge in [0.1, 0.15) is 11.5 Å². The van der Waals surface area contributed by atoms with Gasteiger partial charge >= 0.3 is 5.97 Å². The Morgan fingerprint density at radius 1 is 1.10 bits per heavy atom. The van der Waals surface area contributed by atoms with E-state index in [9.17, 15) is 14.4 Å². The average molecular weight is 426 g/mol. The van der Waals surface area contributed by atoms with Gasteiger partial charge in [0.2, 0.25) is 5.91 Å². The van der Waals surface area contributed by atoms with Crippen molar-refractivity contribution >= 4 is 29.2 Å². The normalized spacial score (nSPS) is 15.5. The van der Waals surface area contributed by atoms with Gasteiger partial charge < -0.3 is 24.4 Å². The predicted molar refractivity (Wildman–Crippen MR) is 116 cm³/mol. The van der Waals surface area contributed by atoms with E-state index in [0.717, 1.165) is 16.8 Å². The molecule has 1 N–H and O–H groups in total. The Balaban J connectivity index is 1.57. The molecule has 3 rings (SSSR count). The number of ether oxygens (including phenoxy) is 3. The monoisotopic (exact) mass is 426 g/mol. The summed E-state index contributed by atoms with van der Waals surface area (Å²) in [6, 6.07) is 10.8. The van der Waals surface area contributed by atoms with Gasteiger partial charge in [0.15, 0.2) is 6.61 Å². The summed E-state index contributed by atoms with van der Waals surface area (Å²) in [5.74, 6) is -0.825. The van der Waals surface area contributed by atoms with Crippen LogP contribution in [0.15, 0.2) is 36.4 Å².